The molecule has 0 aliphatic heterocycles. The Labute approximate surface area is 161 Å². The van der Waals surface area contributed by atoms with Gasteiger partial charge in [0.25, 0.3) is 0 Å². The van der Waals surface area contributed by atoms with E-state index in [0.29, 0.717) is 11.3 Å². The first kappa shape index (κ1) is 20.9. The number of carboxylic acids is 1. The molecule has 2 N–H and O–H groups in total. The minimum absolute atomic E-state index is 0.0190. The number of carbonyl (C=O) groups is 2. The Morgan fingerprint density at radius 1 is 1.26 bits per heavy atom. The highest BCUT2D eigenvalue weighted by atomic mass is 32.2. The molecule has 0 saturated heterocycles. The van der Waals surface area contributed by atoms with Gasteiger partial charge in [0.05, 0.1) is 16.2 Å². The van der Waals surface area contributed by atoms with Crippen LogP contribution in [0, 0.1) is 6.92 Å². The fourth-order valence-corrected chi connectivity index (χ4v) is 3.81. The normalized spacial score (nSPS) is 11.4. The number of pyridine rings is 1. The van der Waals surface area contributed by atoms with E-state index >= 15 is 0 Å². The van der Waals surface area contributed by atoms with Gasteiger partial charge in [-0.15, -0.1) is 0 Å². The lowest BCUT2D eigenvalue weighted by molar-refractivity contribution is -0.113. The van der Waals surface area contributed by atoms with Gasteiger partial charge < -0.3 is 10.4 Å². The lowest BCUT2D eigenvalue weighted by Crippen LogP contribution is -2.22. The molecule has 0 spiro atoms. The fourth-order valence-electron chi connectivity index (χ4n) is 2.10. The molecule has 0 aliphatic rings. The van der Waals surface area contributed by atoms with Gasteiger partial charge >= 0.3 is 5.97 Å². The molecule has 10 heteroatoms. The number of hydrogen-bond donors (Lipinski definition) is 2. The zero-order chi connectivity index (χ0) is 20.2. The van der Waals surface area contributed by atoms with Crippen LogP contribution in [0.3, 0.4) is 0 Å². The number of sulfonamides is 1. The predicted molar refractivity (Wildman–Crippen MR) is 103 cm³/mol. The number of thioether (sulfide) groups is 1. The number of aryl methyl sites for hydroxylation is 1. The number of nitrogens with zero attached hydrogens (tertiary/aromatic N) is 2. The average Bonchev–Trinajstić information content (AvgIpc) is 2.61. The van der Waals surface area contributed by atoms with Crippen LogP contribution in [0.15, 0.2) is 46.5 Å². The van der Waals surface area contributed by atoms with Crippen LogP contribution in [0.2, 0.25) is 0 Å². The van der Waals surface area contributed by atoms with Crippen molar-refractivity contribution in [2.24, 2.45) is 0 Å². The van der Waals surface area contributed by atoms with E-state index in [4.69, 9.17) is 5.11 Å². The van der Waals surface area contributed by atoms with Gasteiger partial charge in [0.1, 0.15) is 5.03 Å². The molecule has 0 saturated carbocycles. The number of carboxylic acid groups (broad SMARTS) is 1. The summed E-state index contributed by atoms with van der Waals surface area (Å²) in [6.45, 7) is 1.75. The van der Waals surface area contributed by atoms with Crippen LogP contribution in [0.4, 0.5) is 5.69 Å². The lowest BCUT2D eigenvalue weighted by Gasteiger charge is -2.14. The number of benzene rings is 1. The first-order valence-electron chi connectivity index (χ1n) is 7.77. The standard InChI is InChI=1S/C17H19N3O5S2/c1-11-6-7-12(27(24,25)20(2)3)9-14(11)19-15(21)10-26-16-13(17(22)23)5-4-8-18-16/h4-9H,10H2,1-3H3,(H,19,21)(H,22,23). The lowest BCUT2D eigenvalue weighted by atomic mass is 10.2. The minimum atomic E-state index is -3.62. The molecule has 144 valence electrons. The Kier molecular flexibility index (Phi) is 6.58. The van der Waals surface area contributed by atoms with Crippen LogP contribution in [-0.4, -0.2) is 54.5 Å². The van der Waals surface area contributed by atoms with Crippen molar-refractivity contribution in [1.82, 2.24) is 9.29 Å². The van der Waals surface area contributed by atoms with Crippen molar-refractivity contribution < 1.29 is 23.1 Å². The summed E-state index contributed by atoms with van der Waals surface area (Å²) in [6.07, 6.45) is 1.45. The number of nitrogens with one attached hydrogen (secondary N) is 1. The van der Waals surface area contributed by atoms with Crippen LogP contribution in [-0.2, 0) is 14.8 Å². The fraction of sp³-hybridized carbons (Fsp3) is 0.235. The first-order valence-corrected chi connectivity index (χ1v) is 10.2. The van der Waals surface area contributed by atoms with Crippen LogP contribution in [0.5, 0.6) is 0 Å². The zero-order valence-electron chi connectivity index (χ0n) is 15.0. The first-order chi connectivity index (χ1) is 12.6. The monoisotopic (exact) mass is 409 g/mol. The Morgan fingerprint density at radius 3 is 2.59 bits per heavy atom. The summed E-state index contributed by atoms with van der Waals surface area (Å²) in [7, 11) is -0.766. The second-order valence-corrected chi connectivity index (χ2v) is 8.88. The summed E-state index contributed by atoms with van der Waals surface area (Å²) in [4.78, 5) is 27.5. The molecule has 0 aliphatic carbocycles. The highest BCUT2D eigenvalue weighted by Gasteiger charge is 2.19. The molecule has 0 fully saturated rings. The largest absolute Gasteiger partial charge is 0.478 e. The van der Waals surface area contributed by atoms with Crippen LogP contribution < -0.4 is 5.32 Å². The van der Waals surface area contributed by atoms with Crippen molar-refractivity contribution in [3.8, 4) is 0 Å². The second-order valence-electron chi connectivity index (χ2n) is 5.76. The van der Waals surface area contributed by atoms with E-state index in [2.05, 4.69) is 10.3 Å². The summed E-state index contributed by atoms with van der Waals surface area (Å²) in [5.41, 5.74) is 1.10. The van der Waals surface area contributed by atoms with E-state index in [1.165, 1.54) is 44.6 Å². The Balaban J connectivity index is 2.14. The summed E-state index contributed by atoms with van der Waals surface area (Å²) < 4.78 is 25.6. The number of aromatic carboxylic acids is 1. The molecule has 2 aromatic rings. The molecule has 1 aromatic carbocycles. The zero-order valence-corrected chi connectivity index (χ0v) is 16.6. The molecule has 0 bridgehead atoms. The van der Waals surface area contributed by atoms with Crippen molar-refractivity contribution in [3.63, 3.8) is 0 Å². The van der Waals surface area contributed by atoms with Crippen molar-refractivity contribution in [1.29, 1.82) is 0 Å². The highest BCUT2D eigenvalue weighted by Crippen LogP contribution is 2.24. The Hall–Kier alpha value is -2.43. The molecule has 1 aromatic heterocycles. The van der Waals surface area contributed by atoms with Gasteiger partial charge in [-0.25, -0.2) is 22.5 Å². The van der Waals surface area contributed by atoms with Crippen LogP contribution in [0.25, 0.3) is 0 Å². The van der Waals surface area contributed by atoms with E-state index in [1.54, 1.807) is 13.0 Å². The quantitative estimate of drug-likeness (QED) is 0.672. The Bertz CT molecular complexity index is 974. The van der Waals surface area contributed by atoms with Crippen molar-refractivity contribution in [2.75, 3.05) is 25.2 Å². The molecule has 27 heavy (non-hydrogen) atoms. The third-order valence-electron chi connectivity index (χ3n) is 3.60. The number of amides is 1. The molecule has 1 amide bonds. The van der Waals surface area contributed by atoms with Gasteiger partial charge in [-0.1, -0.05) is 17.8 Å². The van der Waals surface area contributed by atoms with Crippen LogP contribution >= 0.6 is 11.8 Å². The smallest absolute Gasteiger partial charge is 0.338 e. The summed E-state index contributed by atoms with van der Waals surface area (Å²) in [5.74, 6) is -1.59. The van der Waals surface area contributed by atoms with Crippen LogP contribution in [0.1, 0.15) is 15.9 Å². The maximum absolute atomic E-state index is 12.2. The van der Waals surface area contributed by atoms with E-state index in [9.17, 15) is 18.0 Å². The number of carbonyl (C=O) groups excluding carboxylic acids is 1. The Morgan fingerprint density at radius 2 is 1.96 bits per heavy atom. The van der Waals surface area contributed by atoms with Crippen molar-refractivity contribution in [2.45, 2.75) is 16.8 Å². The van der Waals surface area contributed by atoms with Crippen molar-refractivity contribution >= 4 is 39.3 Å². The second kappa shape index (κ2) is 8.51. The average molecular weight is 409 g/mol. The summed E-state index contributed by atoms with van der Waals surface area (Å²) in [6, 6.07) is 7.40. The molecule has 0 unspecified atom stereocenters. The summed E-state index contributed by atoms with van der Waals surface area (Å²) >= 11 is 0.993. The number of rotatable bonds is 7. The third kappa shape index (κ3) is 5.06. The van der Waals surface area contributed by atoms with Gasteiger partial charge in [0.15, 0.2) is 0 Å². The minimum Gasteiger partial charge on any atom is -0.478 e. The predicted octanol–water partition coefficient (Wildman–Crippen LogP) is 2.07. The molecular weight excluding hydrogens is 390 g/mol. The SMILES string of the molecule is Cc1ccc(S(=O)(=O)N(C)C)cc1NC(=O)CSc1ncccc1C(=O)O. The van der Waals surface area contributed by atoms with Gasteiger partial charge in [-0.3, -0.25) is 4.79 Å². The summed E-state index contributed by atoms with van der Waals surface area (Å²) in [5, 5.41) is 12.0. The van der Waals surface area contributed by atoms with Gasteiger partial charge in [0.2, 0.25) is 15.9 Å². The van der Waals surface area contributed by atoms with Gasteiger partial charge in [-0.05, 0) is 36.8 Å². The molecular formula is C17H19N3O5S2. The molecule has 1 heterocycles. The van der Waals surface area contributed by atoms with Gasteiger partial charge in [-0.2, -0.15) is 0 Å². The molecule has 0 radical (unpaired) electrons. The highest BCUT2D eigenvalue weighted by molar-refractivity contribution is 8.00. The topological polar surface area (TPSA) is 117 Å². The molecule has 8 nitrogen and oxygen atoms in total. The van der Waals surface area contributed by atoms with E-state index in [0.717, 1.165) is 16.1 Å². The van der Waals surface area contributed by atoms with Crippen molar-refractivity contribution in [3.05, 3.63) is 47.7 Å². The maximum atomic E-state index is 12.2. The van der Waals surface area contributed by atoms with E-state index in [-0.39, 0.29) is 21.2 Å². The maximum Gasteiger partial charge on any atom is 0.338 e. The third-order valence-corrected chi connectivity index (χ3v) is 6.42. The van der Waals surface area contributed by atoms with Gasteiger partial charge in [0, 0.05) is 26.0 Å². The number of aromatic nitrogens is 1. The number of hydrogen-bond acceptors (Lipinski definition) is 6. The number of anilines is 1. The molecule has 2 rings (SSSR count). The van der Waals surface area contributed by atoms with E-state index < -0.39 is 21.9 Å². The van der Waals surface area contributed by atoms with E-state index in [1.807, 2.05) is 0 Å². The molecule has 0 atom stereocenters.